The van der Waals surface area contributed by atoms with E-state index in [1.54, 1.807) is 0 Å². The Morgan fingerprint density at radius 3 is 2.47 bits per heavy atom. The van der Waals surface area contributed by atoms with Crippen LogP contribution in [-0.4, -0.2) is 23.0 Å². The quantitative estimate of drug-likeness (QED) is 0.273. The van der Waals surface area contributed by atoms with Crippen molar-refractivity contribution in [2.75, 3.05) is 0 Å². The zero-order valence-corrected chi connectivity index (χ0v) is 12.1. The molecule has 1 amide bonds. The molecule has 0 spiro atoms. The summed E-state index contributed by atoms with van der Waals surface area (Å²) >= 11 is 0. The first-order chi connectivity index (χ1) is 9.10. The molecule has 0 radical (unpaired) electrons. The maximum absolute atomic E-state index is 12.4. The van der Waals surface area contributed by atoms with E-state index in [0.29, 0.717) is 12.8 Å². The van der Waals surface area contributed by atoms with E-state index in [-0.39, 0.29) is 17.8 Å². The van der Waals surface area contributed by atoms with Crippen LogP contribution in [0.1, 0.15) is 65.2 Å². The number of unbranched alkanes of at least 4 members (excludes halogenated alkanes) is 1. The van der Waals surface area contributed by atoms with Crippen molar-refractivity contribution in [1.82, 2.24) is 5.32 Å². The molecule has 0 bridgehead atoms. The highest BCUT2D eigenvalue weighted by molar-refractivity contribution is 6.07. The second kappa shape index (κ2) is 7.36. The molecule has 1 fully saturated rings. The molecule has 1 rings (SSSR count). The van der Waals surface area contributed by atoms with E-state index < -0.39 is 5.41 Å². The molecule has 1 atom stereocenters. The molecule has 0 aromatic rings. The van der Waals surface area contributed by atoms with E-state index in [1.165, 1.54) is 0 Å². The van der Waals surface area contributed by atoms with Gasteiger partial charge in [-0.15, -0.1) is 0 Å². The number of amidine groups is 1. The van der Waals surface area contributed by atoms with Crippen LogP contribution in [0.3, 0.4) is 0 Å². The molecule has 0 saturated heterocycles. The van der Waals surface area contributed by atoms with Crippen LogP contribution in [0.25, 0.3) is 0 Å². The number of rotatable bonds is 8. The topological polar surface area (TPSA) is 87.7 Å². The van der Waals surface area contributed by atoms with Crippen LogP contribution in [0.5, 0.6) is 0 Å². The third-order valence-corrected chi connectivity index (χ3v) is 4.12. The van der Waals surface area contributed by atoms with Gasteiger partial charge < -0.3 is 16.3 Å². The minimum absolute atomic E-state index is 0.0574. The molecule has 5 heteroatoms. The van der Waals surface area contributed by atoms with Crippen LogP contribution in [0.15, 0.2) is 5.16 Å². The molecule has 4 N–H and O–H groups in total. The molecule has 0 aromatic carbocycles. The summed E-state index contributed by atoms with van der Waals surface area (Å²) in [7, 11) is 0. The van der Waals surface area contributed by atoms with E-state index in [1.807, 2.05) is 0 Å². The Hall–Kier alpha value is -1.26. The standard InChI is InChI=1S/C14H27N3O2/c1-3-5-8-11(7-4-2)16-13(18)14(9-6-10-14)12(15)17-19/h11,19H,3-10H2,1-2H3,(H2,15,17)(H,16,18). The molecule has 0 aromatic heterocycles. The number of nitrogens with two attached hydrogens (primary N) is 1. The molecule has 1 aliphatic carbocycles. The molecular weight excluding hydrogens is 242 g/mol. The first kappa shape index (κ1) is 15.8. The summed E-state index contributed by atoms with van der Waals surface area (Å²) in [5, 5.41) is 15.0. The Kier molecular flexibility index (Phi) is 6.12. The van der Waals surface area contributed by atoms with Crippen molar-refractivity contribution in [3.05, 3.63) is 0 Å². The average Bonchev–Trinajstić information content (AvgIpc) is 2.34. The van der Waals surface area contributed by atoms with Crippen molar-refractivity contribution in [2.24, 2.45) is 16.3 Å². The van der Waals surface area contributed by atoms with Gasteiger partial charge in [0.1, 0.15) is 5.41 Å². The van der Waals surface area contributed by atoms with Crippen LogP contribution in [0, 0.1) is 5.41 Å². The van der Waals surface area contributed by atoms with Crippen LogP contribution < -0.4 is 11.1 Å². The van der Waals surface area contributed by atoms with Gasteiger partial charge in [0.05, 0.1) is 0 Å². The van der Waals surface area contributed by atoms with Gasteiger partial charge in [-0.25, -0.2) is 0 Å². The number of hydrogen-bond donors (Lipinski definition) is 3. The highest BCUT2D eigenvalue weighted by atomic mass is 16.4. The Balaban J connectivity index is 2.64. The van der Waals surface area contributed by atoms with E-state index in [4.69, 9.17) is 10.9 Å². The Labute approximate surface area is 115 Å². The Morgan fingerprint density at radius 1 is 1.37 bits per heavy atom. The first-order valence-electron chi connectivity index (χ1n) is 7.39. The highest BCUT2D eigenvalue weighted by Crippen LogP contribution is 2.41. The lowest BCUT2D eigenvalue weighted by Crippen LogP contribution is -2.55. The normalized spacial score (nSPS) is 19.6. The fraction of sp³-hybridized carbons (Fsp3) is 0.857. The summed E-state index contributed by atoms with van der Waals surface area (Å²) in [6.45, 7) is 4.27. The molecule has 5 nitrogen and oxygen atoms in total. The van der Waals surface area contributed by atoms with Crippen molar-refractivity contribution >= 4 is 11.7 Å². The molecule has 1 aliphatic rings. The van der Waals surface area contributed by atoms with Crippen LogP contribution in [0.4, 0.5) is 0 Å². The van der Waals surface area contributed by atoms with Gasteiger partial charge in [-0.1, -0.05) is 44.7 Å². The van der Waals surface area contributed by atoms with Gasteiger partial charge in [0.15, 0.2) is 5.84 Å². The number of nitrogens with one attached hydrogen (secondary N) is 1. The maximum Gasteiger partial charge on any atom is 0.234 e. The second-order valence-corrected chi connectivity index (χ2v) is 5.52. The van der Waals surface area contributed by atoms with Crippen molar-refractivity contribution in [2.45, 2.75) is 71.3 Å². The molecule has 1 unspecified atom stereocenters. The highest BCUT2D eigenvalue weighted by Gasteiger charge is 2.48. The first-order valence-corrected chi connectivity index (χ1v) is 7.39. The zero-order valence-electron chi connectivity index (χ0n) is 12.1. The predicted molar refractivity (Wildman–Crippen MR) is 76.1 cm³/mol. The number of amides is 1. The summed E-state index contributed by atoms with van der Waals surface area (Å²) in [4.78, 5) is 12.4. The lowest BCUT2D eigenvalue weighted by molar-refractivity contribution is -0.131. The third-order valence-electron chi connectivity index (χ3n) is 4.12. The molecule has 110 valence electrons. The number of carbonyl (C=O) groups is 1. The summed E-state index contributed by atoms with van der Waals surface area (Å²) in [6, 6.07) is 0.210. The molecule has 0 aliphatic heterocycles. The van der Waals surface area contributed by atoms with Crippen LogP contribution in [-0.2, 0) is 4.79 Å². The van der Waals surface area contributed by atoms with Crippen LogP contribution >= 0.6 is 0 Å². The number of carbonyl (C=O) groups excluding carboxylic acids is 1. The van der Waals surface area contributed by atoms with Crippen molar-refractivity contribution in [3.63, 3.8) is 0 Å². The van der Waals surface area contributed by atoms with Gasteiger partial charge in [-0.05, 0) is 25.7 Å². The second-order valence-electron chi connectivity index (χ2n) is 5.52. The van der Waals surface area contributed by atoms with Gasteiger partial charge in [-0.3, -0.25) is 4.79 Å². The lowest BCUT2D eigenvalue weighted by atomic mass is 9.67. The minimum atomic E-state index is -0.757. The van der Waals surface area contributed by atoms with Crippen molar-refractivity contribution in [1.29, 1.82) is 0 Å². The Morgan fingerprint density at radius 2 is 2.05 bits per heavy atom. The SMILES string of the molecule is CCCCC(CCC)NC(=O)C1(C(N)=NO)CCC1. The van der Waals surface area contributed by atoms with E-state index in [2.05, 4.69) is 24.3 Å². The average molecular weight is 269 g/mol. The van der Waals surface area contributed by atoms with Gasteiger partial charge in [0, 0.05) is 6.04 Å². The molecular formula is C14H27N3O2. The monoisotopic (exact) mass is 269 g/mol. The fourth-order valence-electron chi connectivity index (χ4n) is 2.64. The van der Waals surface area contributed by atoms with E-state index >= 15 is 0 Å². The number of hydrogen-bond acceptors (Lipinski definition) is 3. The van der Waals surface area contributed by atoms with Crippen molar-refractivity contribution < 1.29 is 10.0 Å². The van der Waals surface area contributed by atoms with Crippen molar-refractivity contribution in [3.8, 4) is 0 Å². The van der Waals surface area contributed by atoms with Gasteiger partial charge in [-0.2, -0.15) is 0 Å². The van der Waals surface area contributed by atoms with Gasteiger partial charge in [0.25, 0.3) is 0 Å². The number of oxime groups is 1. The van der Waals surface area contributed by atoms with Crippen LogP contribution in [0.2, 0.25) is 0 Å². The zero-order chi connectivity index (χ0) is 14.3. The van der Waals surface area contributed by atoms with Gasteiger partial charge in [0.2, 0.25) is 5.91 Å². The fourth-order valence-corrected chi connectivity index (χ4v) is 2.64. The summed E-state index contributed by atoms with van der Waals surface area (Å²) in [6.07, 6.45) is 7.59. The third kappa shape index (κ3) is 3.61. The largest absolute Gasteiger partial charge is 0.409 e. The molecule has 19 heavy (non-hydrogen) atoms. The summed E-state index contributed by atoms with van der Waals surface area (Å²) in [5.74, 6) is -0.00871. The van der Waals surface area contributed by atoms with E-state index in [0.717, 1.165) is 38.5 Å². The Bertz CT molecular complexity index is 325. The lowest BCUT2D eigenvalue weighted by Gasteiger charge is -2.39. The minimum Gasteiger partial charge on any atom is -0.409 e. The summed E-state index contributed by atoms with van der Waals surface area (Å²) in [5.41, 5.74) is 4.95. The van der Waals surface area contributed by atoms with Gasteiger partial charge >= 0.3 is 0 Å². The smallest absolute Gasteiger partial charge is 0.234 e. The summed E-state index contributed by atoms with van der Waals surface area (Å²) < 4.78 is 0. The molecule has 1 saturated carbocycles. The predicted octanol–water partition coefficient (Wildman–Crippen LogP) is 2.38. The molecule has 0 heterocycles. The number of nitrogens with zero attached hydrogens (tertiary/aromatic N) is 1. The maximum atomic E-state index is 12.4. The van der Waals surface area contributed by atoms with E-state index in [9.17, 15) is 4.79 Å².